The maximum Gasteiger partial charge on any atom is 0.361 e. The van der Waals surface area contributed by atoms with E-state index in [4.69, 9.17) is 0 Å². The van der Waals surface area contributed by atoms with Crippen molar-refractivity contribution in [1.29, 1.82) is 0 Å². The molecular weight excluding hydrogens is 1080 g/mol. The second kappa shape index (κ2) is 23.4. The highest BCUT2D eigenvalue weighted by Gasteiger charge is 2.47. The first-order valence-electron chi connectivity index (χ1n) is 23.8. The Morgan fingerprint density at radius 3 is 0.603 bits per heavy atom. The maximum absolute atomic E-state index is 15.0. The first kappa shape index (κ1) is 64.6. The largest absolute Gasteiger partial charge is 0.361 e. The third kappa shape index (κ3) is 12.3. The van der Waals surface area contributed by atoms with Gasteiger partial charge in [-0.3, -0.25) is 0 Å². The normalized spacial score (nSPS) is 12.2. The Bertz CT molecular complexity index is 2770. The molecule has 0 saturated carbocycles. The molecule has 0 radical (unpaired) electrons. The molecule has 2 aromatic heterocycles. The van der Waals surface area contributed by atoms with Crippen LogP contribution in [-0.2, 0) is 21.7 Å². The van der Waals surface area contributed by atoms with Crippen LogP contribution in [0.1, 0.15) is 145 Å². The van der Waals surface area contributed by atoms with Crippen molar-refractivity contribution >= 4 is 35.5 Å². The molecule has 0 saturated heterocycles. The van der Waals surface area contributed by atoms with Crippen molar-refractivity contribution in [2.75, 3.05) is 0 Å². The number of hydrogen-bond donors (Lipinski definition) is 0. The lowest BCUT2D eigenvalue weighted by Gasteiger charge is -2.26. The van der Waals surface area contributed by atoms with E-state index in [0.717, 1.165) is 0 Å². The van der Waals surface area contributed by atoms with Gasteiger partial charge in [0.05, 0.1) is 11.4 Å². The van der Waals surface area contributed by atoms with Crippen LogP contribution < -0.4 is 21.9 Å². The van der Waals surface area contributed by atoms with Crippen molar-refractivity contribution < 1.29 is 87.8 Å². The van der Waals surface area contributed by atoms with Gasteiger partial charge in [0.2, 0.25) is 0 Å². The number of halogens is 20. The molecule has 0 N–H and O–H groups in total. The molecule has 426 valence electrons. The van der Waals surface area contributed by atoms with E-state index in [0.29, 0.717) is 9.19 Å². The molecule has 0 amide bonds. The van der Waals surface area contributed by atoms with Gasteiger partial charge in [-0.05, 0) is 12.1 Å². The van der Waals surface area contributed by atoms with Gasteiger partial charge in [0.15, 0.2) is 116 Å². The van der Waals surface area contributed by atoms with Gasteiger partial charge >= 0.3 is 13.7 Å². The van der Waals surface area contributed by atoms with Gasteiger partial charge in [-0.15, -0.1) is 0 Å². The van der Waals surface area contributed by atoms with Crippen molar-refractivity contribution in [1.82, 2.24) is 19.4 Å². The third-order valence-corrected chi connectivity index (χ3v) is 12.1. The number of aromatic nitrogens is 4. The van der Waals surface area contributed by atoms with Crippen LogP contribution in [0.4, 0.5) is 87.8 Å². The van der Waals surface area contributed by atoms with E-state index in [1.54, 1.807) is 41.5 Å². The van der Waals surface area contributed by atoms with E-state index < -0.39 is 174 Å². The predicted octanol–water partition coefficient (Wildman–Crippen LogP) is 13.6. The van der Waals surface area contributed by atoms with Gasteiger partial charge in [0, 0.05) is 54.9 Å². The molecule has 0 aliphatic heterocycles. The summed E-state index contributed by atoms with van der Waals surface area (Å²) in [6.45, 7) is 17.9. The highest BCUT2D eigenvalue weighted by Crippen LogP contribution is 2.33. The molecule has 4 aromatic carbocycles. The molecule has 6 rings (SSSR count). The Kier molecular flexibility index (Phi) is 19.4. The van der Waals surface area contributed by atoms with Crippen molar-refractivity contribution in [2.24, 2.45) is 0 Å². The van der Waals surface area contributed by atoms with Crippen LogP contribution >= 0.6 is 0 Å². The van der Waals surface area contributed by atoms with Crippen LogP contribution in [0.25, 0.3) is 0 Å². The molecule has 0 fully saturated rings. The smallest absolute Gasteiger partial charge is 0.302 e. The lowest BCUT2D eigenvalue weighted by molar-refractivity contribution is 0.381. The number of nitrogens with zero attached hydrogens (tertiary/aromatic N) is 4. The Morgan fingerprint density at radius 1 is 0.295 bits per heavy atom. The number of rotatable bonds is 9. The average molecular weight is 1130 g/mol. The molecule has 0 aliphatic rings. The number of hydrogen-bond acceptors (Lipinski definition) is 2. The van der Waals surface area contributed by atoms with Crippen LogP contribution in [0, 0.1) is 116 Å². The SMILES string of the molecule is CC(C)(C)c1cc(C(C)(C)C)n(B(c2c(F)c(F)c(F)c(F)c2F)c2c(F)c(F)c(F)c(F)c2F)n1.CC(C)(C)c1cc(C(C)(C)C)n(B(c2c(F)c(F)c(F)c(F)c2F)c2c(F)c(F)c(F)c(F)c2F)n1.CCCCCC. The summed E-state index contributed by atoms with van der Waals surface area (Å²) in [5.74, 6) is -50.2. The van der Waals surface area contributed by atoms with Crippen molar-refractivity contribution in [3.05, 3.63) is 151 Å². The Morgan fingerprint density at radius 2 is 0.462 bits per heavy atom. The minimum Gasteiger partial charge on any atom is -0.302 e. The van der Waals surface area contributed by atoms with Crippen LogP contribution in [0.15, 0.2) is 12.1 Å². The van der Waals surface area contributed by atoms with Crippen LogP contribution in [0.2, 0.25) is 0 Å². The summed E-state index contributed by atoms with van der Waals surface area (Å²) in [5, 5.41) is 8.20. The molecule has 78 heavy (non-hydrogen) atoms. The van der Waals surface area contributed by atoms with E-state index in [2.05, 4.69) is 24.0 Å². The lowest BCUT2D eigenvalue weighted by Crippen LogP contribution is -2.57. The van der Waals surface area contributed by atoms with E-state index in [-0.39, 0.29) is 22.8 Å². The van der Waals surface area contributed by atoms with E-state index in [1.807, 2.05) is 0 Å². The molecule has 0 aliphatic carbocycles. The standard InChI is InChI=1S/2C23H19BF10N2.C6H14/c2*1-22(2,3)8-7-9(23(4,5)6)36(35-8)24(10-12(25)16(29)20(33)17(30)13(10)26)11-14(27)18(31)21(34)19(32)15(11)28;1-3-5-6-4-2/h2*7H,1-6H3;3-6H2,1-2H3. The van der Waals surface area contributed by atoms with E-state index >= 15 is 0 Å². The Hall–Kier alpha value is -5.97. The molecule has 0 atom stereocenters. The second-order valence-corrected chi connectivity index (χ2v) is 22.2. The molecule has 6 aromatic rings. The second-order valence-electron chi connectivity index (χ2n) is 22.2. The summed E-state index contributed by atoms with van der Waals surface area (Å²) in [6, 6.07) is 2.70. The van der Waals surface area contributed by atoms with Crippen molar-refractivity contribution in [3.8, 4) is 0 Å². The average Bonchev–Trinajstić information content (AvgIpc) is 4.03. The zero-order valence-corrected chi connectivity index (χ0v) is 44.5. The highest BCUT2D eigenvalue weighted by atomic mass is 19.2. The summed E-state index contributed by atoms with van der Waals surface area (Å²) in [7, 11) is 0. The van der Waals surface area contributed by atoms with Crippen LogP contribution in [-0.4, -0.2) is 33.1 Å². The van der Waals surface area contributed by atoms with Crippen LogP contribution in [0.3, 0.4) is 0 Å². The monoisotopic (exact) mass is 1130 g/mol. The molecule has 4 nitrogen and oxygen atoms in total. The summed E-state index contributed by atoms with van der Waals surface area (Å²) in [4.78, 5) is 0. The van der Waals surface area contributed by atoms with E-state index in [9.17, 15) is 87.8 Å². The number of unbranched alkanes of at least 4 members (excludes halogenated alkanes) is 3. The van der Waals surface area contributed by atoms with Gasteiger partial charge in [0.25, 0.3) is 0 Å². The summed E-state index contributed by atoms with van der Waals surface area (Å²) in [5.41, 5.74) is -10.9. The van der Waals surface area contributed by atoms with Crippen molar-refractivity contribution in [3.63, 3.8) is 0 Å². The van der Waals surface area contributed by atoms with Gasteiger partial charge in [-0.25, -0.2) is 87.8 Å². The van der Waals surface area contributed by atoms with Gasteiger partial charge < -0.3 is 9.19 Å². The zero-order valence-electron chi connectivity index (χ0n) is 44.5. The first-order valence-corrected chi connectivity index (χ1v) is 23.8. The topological polar surface area (TPSA) is 35.6 Å². The maximum atomic E-state index is 15.0. The fourth-order valence-corrected chi connectivity index (χ4v) is 7.76. The summed E-state index contributed by atoms with van der Waals surface area (Å²) < 4.78 is 289. The summed E-state index contributed by atoms with van der Waals surface area (Å²) in [6.07, 6.45) is 5.54. The van der Waals surface area contributed by atoms with Gasteiger partial charge in [-0.1, -0.05) is 123 Å². The molecule has 0 bridgehead atoms. The third-order valence-electron chi connectivity index (χ3n) is 12.1. The highest BCUT2D eigenvalue weighted by molar-refractivity contribution is 6.84. The Labute approximate surface area is 437 Å². The van der Waals surface area contributed by atoms with E-state index in [1.165, 1.54) is 79.4 Å². The summed E-state index contributed by atoms with van der Waals surface area (Å²) >= 11 is 0. The molecule has 0 spiro atoms. The molecule has 2 heterocycles. The minimum atomic E-state index is -2.77. The number of benzene rings is 4. The fourth-order valence-electron chi connectivity index (χ4n) is 7.76. The molecule has 26 heteroatoms. The van der Waals surface area contributed by atoms with Gasteiger partial charge in [-0.2, -0.15) is 10.2 Å². The fraction of sp³-hybridized carbons (Fsp3) is 0.423. The molecular formula is C52H52B2F20N4. The predicted molar refractivity (Wildman–Crippen MR) is 255 cm³/mol. The zero-order chi connectivity index (χ0) is 60.1. The minimum absolute atomic E-state index is 0.0506. The molecule has 0 unspecified atom stereocenters. The van der Waals surface area contributed by atoms with Crippen molar-refractivity contribution in [2.45, 2.75) is 144 Å². The van der Waals surface area contributed by atoms with Gasteiger partial charge in [0.1, 0.15) is 0 Å². The lowest BCUT2D eigenvalue weighted by atomic mass is 9.49. The first-order chi connectivity index (χ1) is 35.5. The van der Waals surface area contributed by atoms with Crippen LogP contribution in [0.5, 0.6) is 0 Å². The quantitative estimate of drug-likeness (QED) is 0.0475. The Balaban J connectivity index is 0.000000304.